The summed E-state index contributed by atoms with van der Waals surface area (Å²) in [6, 6.07) is 33.0. The minimum absolute atomic E-state index is 0. The number of halogens is 2. The van der Waals surface area contributed by atoms with Gasteiger partial charge in [-0.25, -0.2) is 0 Å². The standard InChI is InChI=1S/C20H19IP.HI/c1-17(21)22(18-11-5-2-6-12-18,19-13-7-3-8-14-19)20-15-9-4-10-16-20;/h2-17H,1H3;1H/q+1;/p-1. The van der Waals surface area contributed by atoms with Gasteiger partial charge < -0.3 is 24.0 Å². The maximum absolute atomic E-state index is 2.62. The molecule has 0 aliphatic carbocycles. The second-order valence-corrected chi connectivity index (χ2v) is 11.9. The molecule has 3 rings (SSSR count). The summed E-state index contributed by atoms with van der Waals surface area (Å²) in [6.45, 7) is 2.35. The zero-order chi connectivity index (χ0) is 15.4. The molecular formula is C20H19I2P. The summed E-state index contributed by atoms with van der Waals surface area (Å²) in [5.41, 5.74) is 0. The molecule has 0 radical (unpaired) electrons. The molecule has 0 aliphatic rings. The Kier molecular flexibility index (Phi) is 7.05. The van der Waals surface area contributed by atoms with Crippen molar-refractivity contribution in [1.82, 2.24) is 0 Å². The molecular weight excluding hydrogens is 525 g/mol. The molecule has 0 aromatic heterocycles. The van der Waals surface area contributed by atoms with Crippen molar-refractivity contribution in [3.05, 3.63) is 91.0 Å². The minimum Gasteiger partial charge on any atom is -1.00 e. The van der Waals surface area contributed by atoms with Crippen molar-refractivity contribution in [2.45, 2.75) is 10.6 Å². The molecule has 0 amide bonds. The van der Waals surface area contributed by atoms with Gasteiger partial charge in [0.2, 0.25) is 0 Å². The molecule has 0 nitrogen and oxygen atoms in total. The van der Waals surface area contributed by atoms with Crippen LogP contribution in [0.4, 0.5) is 0 Å². The van der Waals surface area contributed by atoms with Gasteiger partial charge in [-0.05, 0) is 65.9 Å². The smallest absolute Gasteiger partial charge is 0.131 e. The van der Waals surface area contributed by atoms with E-state index in [1.54, 1.807) is 0 Å². The van der Waals surface area contributed by atoms with Crippen molar-refractivity contribution in [2.24, 2.45) is 0 Å². The Morgan fingerprint density at radius 3 is 1.09 bits per heavy atom. The Balaban J connectivity index is 0.00000192. The van der Waals surface area contributed by atoms with Gasteiger partial charge in [0.05, 0.1) is 0 Å². The molecule has 0 spiro atoms. The summed E-state index contributed by atoms with van der Waals surface area (Å²) in [7, 11) is -1.64. The largest absolute Gasteiger partial charge is 1.00 e. The van der Waals surface area contributed by atoms with E-state index in [1.807, 2.05) is 0 Å². The van der Waals surface area contributed by atoms with E-state index in [9.17, 15) is 0 Å². The maximum atomic E-state index is 2.62. The predicted octanol–water partition coefficient (Wildman–Crippen LogP) is 1.77. The molecule has 0 bridgehead atoms. The SMILES string of the molecule is CC(I)[P+](c1ccccc1)(c1ccccc1)c1ccccc1.[I-]. The molecule has 3 heteroatoms. The van der Waals surface area contributed by atoms with Gasteiger partial charge >= 0.3 is 0 Å². The van der Waals surface area contributed by atoms with Crippen LogP contribution in [0, 0.1) is 0 Å². The summed E-state index contributed by atoms with van der Waals surface area (Å²) < 4.78 is 0.525. The predicted molar refractivity (Wildman–Crippen MR) is 109 cm³/mol. The van der Waals surface area contributed by atoms with Crippen molar-refractivity contribution in [3.8, 4) is 0 Å². The van der Waals surface area contributed by atoms with E-state index in [0.29, 0.717) is 3.67 Å². The molecule has 0 fully saturated rings. The molecule has 0 aliphatic heterocycles. The lowest BCUT2D eigenvalue weighted by molar-refractivity contribution is -0.00000414. The van der Waals surface area contributed by atoms with Crippen LogP contribution in [0.3, 0.4) is 0 Å². The molecule has 118 valence electrons. The quantitative estimate of drug-likeness (QED) is 0.267. The summed E-state index contributed by atoms with van der Waals surface area (Å²) >= 11 is 2.62. The lowest BCUT2D eigenvalue weighted by Gasteiger charge is -2.30. The first kappa shape index (κ1) is 18.9. The van der Waals surface area contributed by atoms with Crippen LogP contribution in [0.15, 0.2) is 91.0 Å². The van der Waals surface area contributed by atoms with Crippen LogP contribution in [0.2, 0.25) is 0 Å². The number of hydrogen-bond donors (Lipinski definition) is 0. The monoisotopic (exact) mass is 544 g/mol. The van der Waals surface area contributed by atoms with Gasteiger partial charge in [-0.3, -0.25) is 0 Å². The highest BCUT2D eigenvalue weighted by molar-refractivity contribution is 14.1. The lowest BCUT2D eigenvalue weighted by Crippen LogP contribution is -3.00. The van der Waals surface area contributed by atoms with Crippen molar-refractivity contribution in [1.29, 1.82) is 0 Å². The Morgan fingerprint density at radius 1 is 0.609 bits per heavy atom. The minimum atomic E-state index is -1.64. The normalized spacial score (nSPS) is 12.3. The third-order valence-corrected chi connectivity index (χ3v) is 10.9. The van der Waals surface area contributed by atoms with Gasteiger partial charge in [-0.1, -0.05) is 54.6 Å². The summed E-state index contributed by atoms with van der Waals surface area (Å²) in [6.07, 6.45) is 0. The van der Waals surface area contributed by atoms with E-state index >= 15 is 0 Å². The Morgan fingerprint density at radius 2 is 0.870 bits per heavy atom. The zero-order valence-electron chi connectivity index (χ0n) is 12.9. The Hall–Kier alpha value is -0.450. The fraction of sp³-hybridized carbons (Fsp3) is 0.100. The molecule has 1 atom stereocenters. The van der Waals surface area contributed by atoms with Crippen LogP contribution in [-0.2, 0) is 0 Å². The third-order valence-electron chi connectivity index (χ3n) is 4.02. The first-order valence-electron chi connectivity index (χ1n) is 7.46. The fourth-order valence-corrected chi connectivity index (χ4v) is 10.0. The van der Waals surface area contributed by atoms with Crippen LogP contribution in [0.1, 0.15) is 6.92 Å². The van der Waals surface area contributed by atoms with E-state index in [0.717, 1.165) is 0 Å². The first-order valence-corrected chi connectivity index (χ1v) is 10.6. The maximum Gasteiger partial charge on any atom is 0.131 e. The summed E-state index contributed by atoms with van der Waals surface area (Å²) in [5, 5.41) is 4.36. The van der Waals surface area contributed by atoms with Gasteiger partial charge in [-0.2, -0.15) is 0 Å². The van der Waals surface area contributed by atoms with Gasteiger partial charge in [-0.15, -0.1) is 0 Å². The van der Waals surface area contributed by atoms with Crippen molar-refractivity contribution < 1.29 is 24.0 Å². The zero-order valence-corrected chi connectivity index (χ0v) is 18.2. The number of benzene rings is 3. The van der Waals surface area contributed by atoms with E-state index in [1.165, 1.54) is 15.9 Å². The van der Waals surface area contributed by atoms with Crippen molar-refractivity contribution in [3.63, 3.8) is 0 Å². The van der Waals surface area contributed by atoms with Gasteiger partial charge in [0, 0.05) is 0 Å². The van der Waals surface area contributed by atoms with E-state index in [-0.39, 0.29) is 24.0 Å². The number of alkyl halides is 1. The highest BCUT2D eigenvalue weighted by atomic mass is 127. The Bertz CT molecular complexity index is 616. The van der Waals surface area contributed by atoms with E-state index in [4.69, 9.17) is 0 Å². The molecule has 0 saturated carbocycles. The Labute approximate surface area is 170 Å². The van der Waals surface area contributed by atoms with Crippen LogP contribution < -0.4 is 39.9 Å². The molecule has 23 heavy (non-hydrogen) atoms. The highest BCUT2D eigenvalue weighted by Gasteiger charge is 2.49. The van der Waals surface area contributed by atoms with Crippen LogP contribution in [0.25, 0.3) is 0 Å². The van der Waals surface area contributed by atoms with E-state index < -0.39 is 7.26 Å². The van der Waals surface area contributed by atoms with Crippen LogP contribution in [-0.4, -0.2) is 3.67 Å². The van der Waals surface area contributed by atoms with Crippen molar-refractivity contribution >= 4 is 45.8 Å². The van der Waals surface area contributed by atoms with Crippen LogP contribution in [0.5, 0.6) is 0 Å². The number of hydrogen-bond acceptors (Lipinski definition) is 0. The molecule has 3 aromatic carbocycles. The van der Waals surface area contributed by atoms with Crippen LogP contribution >= 0.6 is 29.9 Å². The highest BCUT2D eigenvalue weighted by Crippen LogP contribution is 2.61. The molecule has 1 unspecified atom stereocenters. The van der Waals surface area contributed by atoms with E-state index in [2.05, 4.69) is 121 Å². The average molecular weight is 544 g/mol. The summed E-state index contributed by atoms with van der Waals surface area (Å²) in [4.78, 5) is 0. The van der Waals surface area contributed by atoms with Crippen molar-refractivity contribution in [2.75, 3.05) is 0 Å². The lowest BCUT2D eigenvalue weighted by atomic mass is 10.4. The second kappa shape index (κ2) is 8.59. The van der Waals surface area contributed by atoms with Gasteiger partial charge in [0.1, 0.15) is 26.8 Å². The topological polar surface area (TPSA) is 0 Å². The first-order chi connectivity index (χ1) is 10.8. The van der Waals surface area contributed by atoms with Gasteiger partial charge in [0.25, 0.3) is 0 Å². The third kappa shape index (κ3) is 3.64. The fourth-order valence-electron chi connectivity index (χ4n) is 3.05. The second-order valence-electron chi connectivity index (χ2n) is 5.30. The molecule has 0 heterocycles. The number of rotatable bonds is 4. The average Bonchev–Trinajstić information content (AvgIpc) is 2.58. The summed E-state index contributed by atoms with van der Waals surface area (Å²) in [5.74, 6) is 0. The molecule has 0 N–H and O–H groups in total. The molecule has 0 saturated heterocycles. The molecule has 3 aromatic rings. The van der Waals surface area contributed by atoms with Gasteiger partial charge in [0.15, 0.2) is 0 Å².